The lowest BCUT2D eigenvalue weighted by Gasteiger charge is -2.14. The molecule has 3 aromatic rings. The predicted molar refractivity (Wildman–Crippen MR) is 97.3 cm³/mol. The van der Waals surface area contributed by atoms with Crippen LogP contribution in [0.25, 0.3) is 10.9 Å². The summed E-state index contributed by atoms with van der Waals surface area (Å²) in [6.07, 6.45) is 0. The van der Waals surface area contributed by atoms with Gasteiger partial charge in [0.1, 0.15) is 0 Å². The van der Waals surface area contributed by atoms with Crippen molar-refractivity contribution in [1.82, 2.24) is 9.55 Å². The van der Waals surface area contributed by atoms with Crippen molar-refractivity contribution >= 4 is 22.7 Å². The van der Waals surface area contributed by atoms with Crippen LogP contribution in [0.2, 0.25) is 0 Å². The van der Waals surface area contributed by atoms with Gasteiger partial charge in [0, 0.05) is 5.25 Å². The Morgan fingerprint density at radius 2 is 1.78 bits per heavy atom. The molecule has 0 fully saturated rings. The number of aromatic nitrogens is 2. The van der Waals surface area contributed by atoms with Gasteiger partial charge in [-0.25, -0.2) is 4.98 Å². The number of benzene rings is 2. The van der Waals surface area contributed by atoms with Gasteiger partial charge >= 0.3 is 0 Å². The largest absolute Gasteiger partial charge is 0.283 e. The molecule has 2 aromatic carbocycles. The molecule has 118 valence electrons. The number of nitrogens with zero attached hydrogens (tertiary/aromatic N) is 2. The van der Waals surface area contributed by atoms with Gasteiger partial charge in [0.25, 0.3) is 5.56 Å². The SMILES string of the molecule is Cc1ccc(Cn2c(SC(C)C)nc3ccccc3c2=O)cc1. The Morgan fingerprint density at radius 1 is 1.09 bits per heavy atom. The van der Waals surface area contributed by atoms with Crippen LogP contribution in [0, 0.1) is 6.92 Å². The zero-order valence-corrected chi connectivity index (χ0v) is 14.4. The minimum absolute atomic E-state index is 0.0272. The summed E-state index contributed by atoms with van der Waals surface area (Å²) in [4.78, 5) is 17.6. The number of rotatable bonds is 4. The van der Waals surface area contributed by atoms with Crippen LogP contribution in [0.5, 0.6) is 0 Å². The summed E-state index contributed by atoms with van der Waals surface area (Å²) in [5.41, 5.74) is 3.12. The van der Waals surface area contributed by atoms with Crippen molar-refractivity contribution in [2.45, 2.75) is 37.7 Å². The molecule has 0 saturated heterocycles. The van der Waals surface area contributed by atoms with E-state index in [4.69, 9.17) is 4.98 Å². The molecule has 0 atom stereocenters. The van der Waals surface area contributed by atoms with Crippen molar-refractivity contribution in [1.29, 1.82) is 0 Å². The Morgan fingerprint density at radius 3 is 2.48 bits per heavy atom. The summed E-state index contributed by atoms with van der Waals surface area (Å²) < 4.78 is 1.79. The molecule has 0 aliphatic carbocycles. The van der Waals surface area contributed by atoms with Gasteiger partial charge in [-0.3, -0.25) is 9.36 Å². The van der Waals surface area contributed by atoms with Crippen molar-refractivity contribution < 1.29 is 0 Å². The maximum atomic E-state index is 12.9. The van der Waals surface area contributed by atoms with E-state index in [0.29, 0.717) is 17.2 Å². The highest BCUT2D eigenvalue weighted by Crippen LogP contribution is 2.22. The second kappa shape index (κ2) is 6.59. The van der Waals surface area contributed by atoms with Gasteiger partial charge < -0.3 is 0 Å². The molecular formula is C19H20N2OS. The minimum Gasteiger partial charge on any atom is -0.283 e. The predicted octanol–water partition coefficient (Wildman–Crippen LogP) is 4.25. The average Bonchev–Trinajstić information content (AvgIpc) is 2.52. The summed E-state index contributed by atoms with van der Waals surface area (Å²) in [5, 5.41) is 1.82. The highest BCUT2D eigenvalue weighted by Gasteiger charge is 2.13. The van der Waals surface area contributed by atoms with Gasteiger partial charge in [0.2, 0.25) is 0 Å². The molecule has 3 rings (SSSR count). The standard InChI is InChI=1S/C19H20N2OS/c1-13(2)23-19-20-17-7-5-4-6-16(17)18(22)21(19)12-15-10-8-14(3)9-11-15/h4-11,13H,12H2,1-3H3. The molecule has 4 heteroatoms. The fraction of sp³-hybridized carbons (Fsp3) is 0.263. The Balaban J connectivity index is 2.13. The quantitative estimate of drug-likeness (QED) is 0.531. The number of fused-ring (bicyclic) bond motifs is 1. The van der Waals surface area contributed by atoms with Gasteiger partial charge in [-0.1, -0.05) is 67.6 Å². The van der Waals surface area contributed by atoms with Crippen LogP contribution in [0.3, 0.4) is 0 Å². The zero-order valence-electron chi connectivity index (χ0n) is 13.6. The maximum absolute atomic E-state index is 12.9. The third-order valence-corrected chi connectivity index (χ3v) is 4.62. The van der Waals surface area contributed by atoms with Crippen molar-refractivity contribution in [2.75, 3.05) is 0 Å². The average molecular weight is 324 g/mol. The van der Waals surface area contributed by atoms with Crippen LogP contribution in [0.1, 0.15) is 25.0 Å². The second-order valence-corrected chi connectivity index (χ2v) is 7.50. The van der Waals surface area contributed by atoms with E-state index in [9.17, 15) is 4.79 Å². The lowest BCUT2D eigenvalue weighted by molar-refractivity contribution is 0.657. The molecule has 3 nitrogen and oxygen atoms in total. The number of hydrogen-bond donors (Lipinski definition) is 0. The molecule has 0 spiro atoms. The van der Waals surface area contributed by atoms with Crippen LogP contribution in [-0.2, 0) is 6.54 Å². The Labute approximate surface area is 140 Å². The number of hydrogen-bond acceptors (Lipinski definition) is 3. The Kier molecular flexibility index (Phi) is 4.53. The van der Waals surface area contributed by atoms with Crippen molar-refractivity contribution in [3.63, 3.8) is 0 Å². The van der Waals surface area contributed by atoms with Gasteiger partial charge in [-0.2, -0.15) is 0 Å². The third kappa shape index (κ3) is 3.48. The van der Waals surface area contributed by atoms with E-state index in [0.717, 1.165) is 16.2 Å². The van der Waals surface area contributed by atoms with E-state index in [1.54, 1.807) is 16.3 Å². The molecule has 0 unspecified atom stereocenters. The van der Waals surface area contributed by atoms with E-state index in [2.05, 4.69) is 45.0 Å². The topological polar surface area (TPSA) is 34.9 Å². The smallest absolute Gasteiger partial charge is 0.262 e. The molecule has 1 aromatic heterocycles. The number of para-hydroxylation sites is 1. The third-order valence-electron chi connectivity index (χ3n) is 3.63. The number of aryl methyl sites for hydroxylation is 1. The molecule has 0 aliphatic heterocycles. The van der Waals surface area contributed by atoms with Gasteiger partial charge in [0.05, 0.1) is 17.4 Å². The molecule has 0 amide bonds. The first-order valence-corrected chi connectivity index (χ1v) is 8.64. The molecular weight excluding hydrogens is 304 g/mol. The Bertz CT molecular complexity index is 882. The first-order chi connectivity index (χ1) is 11.0. The lowest BCUT2D eigenvalue weighted by atomic mass is 10.1. The van der Waals surface area contributed by atoms with Gasteiger partial charge in [-0.15, -0.1) is 0 Å². The van der Waals surface area contributed by atoms with Crippen LogP contribution in [0.15, 0.2) is 58.5 Å². The monoisotopic (exact) mass is 324 g/mol. The van der Waals surface area contributed by atoms with Crippen LogP contribution >= 0.6 is 11.8 Å². The highest BCUT2D eigenvalue weighted by molar-refractivity contribution is 7.99. The van der Waals surface area contributed by atoms with Crippen molar-refractivity contribution in [3.05, 3.63) is 70.0 Å². The molecule has 0 bridgehead atoms. The lowest BCUT2D eigenvalue weighted by Crippen LogP contribution is -2.24. The second-order valence-electron chi connectivity index (χ2n) is 5.96. The Hall–Kier alpha value is -2.07. The minimum atomic E-state index is 0.0272. The summed E-state index contributed by atoms with van der Waals surface area (Å²) >= 11 is 1.63. The van der Waals surface area contributed by atoms with E-state index in [1.807, 2.05) is 24.3 Å². The molecule has 0 saturated carbocycles. The van der Waals surface area contributed by atoms with E-state index in [-0.39, 0.29) is 5.56 Å². The summed E-state index contributed by atoms with van der Waals surface area (Å²) in [7, 11) is 0. The molecule has 23 heavy (non-hydrogen) atoms. The van der Waals surface area contributed by atoms with Crippen molar-refractivity contribution in [2.24, 2.45) is 0 Å². The normalized spacial score (nSPS) is 11.3. The number of thioether (sulfide) groups is 1. The first-order valence-electron chi connectivity index (χ1n) is 7.76. The van der Waals surface area contributed by atoms with Gasteiger partial charge in [0.15, 0.2) is 5.16 Å². The van der Waals surface area contributed by atoms with Crippen LogP contribution < -0.4 is 5.56 Å². The summed E-state index contributed by atoms with van der Waals surface area (Å²) in [6, 6.07) is 15.8. The van der Waals surface area contributed by atoms with Gasteiger partial charge in [-0.05, 0) is 24.6 Å². The van der Waals surface area contributed by atoms with E-state index < -0.39 is 0 Å². The molecule has 0 radical (unpaired) electrons. The fourth-order valence-electron chi connectivity index (χ4n) is 2.46. The fourth-order valence-corrected chi connectivity index (χ4v) is 3.31. The molecule has 1 heterocycles. The zero-order chi connectivity index (χ0) is 16.4. The highest BCUT2D eigenvalue weighted by atomic mass is 32.2. The molecule has 0 N–H and O–H groups in total. The van der Waals surface area contributed by atoms with E-state index in [1.165, 1.54) is 5.56 Å². The summed E-state index contributed by atoms with van der Waals surface area (Å²) in [6.45, 7) is 6.84. The van der Waals surface area contributed by atoms with Crippen molar-refractivity contribution in [3.8, 4) is 0 Å². The van der Waals surface area contributed by atoms with Crippen LogP contribution in [-0.4, -0.2) is 14.8 Å². The molecule has 0 aliphatic rings. The summed E-state index contributed by atoms with van der Waals surface area (Å²) in [5.74, 6) is 0. The van der Waals surface area contributed by atoms with Crippen LogP contribution in [0.4, 0.5) is 0 Å². The first kappa shape index (κ1) is 15.8. The van der Waals surface area contributed by atoms with E-state index >= 15 is 0 Å². The maximum Gasteiger partial charge on any atom is 0.262 e.